The minimum absolute atomic E-state index is 0.778. The first kappa shape index (κ1) is 11.7. The van der Waals surface area contributed by atoms with Crippen LogP contribution in [0.5, 0.6) is 0 Å². The van der Waals surface area contributed by atoms with Gasteiger partial charge in [-0.1, -0.05) is 35.0 Å². The van der Waals surface area contributed by atoms with E-state index in [4.69, 9.17) is 0 Å². The van der Waals surface area contributed by atoms with E-state index < -0.39 is 0 Å². The van der Waals surface area contributed by atoms with Gasteiger partial charge >= 0.3 is 0 Å². The molecule has 1 heterocycles. The first-order valence-electron chi connectivity index (χ1n) is 5.17. The average molecular weight is 260 g/mol. The van der Waals surface area contributed by atoms with Gasteiger partial charge in [0.25, 0.3) is 0 Å². The molecule has 0 unspecified atom stereocenters. The number of nitrogens with zero attached hydrogens (tertiary/aromatic N) is 3. The van der Waals surface area contributed by atoms with Gasteiger partial charge in [0.05, 0.1) is 5.69 Å². The summed E-state index contributed by atoms with van der Waals surface area (Å²) < 4.78 is 1.94. The molecule has 1 aromatic rings. The van der Waals surface area contributed by atoms with Crippen molar-refractivity contribution in [2.24, 2.45) is 5.92 Å². The molecular weight excluding hydrogens is 242 g/mol. The molecule has 0 radical (unpaired) electrons. The number of hydrogen-bond acceptors (Lipinski definition) is 2. The van der Waals surface area contributed by atoms with Crippen LogP contribution in [0.15, 0.2) is 6.20 Å². The van der Waals surface area contributed by atoms with E-state index in [0.29, 0.717) is 0 Å². The maximum atomic E-state index is 4.09. The Kier molecular flexibility index (Phi) is 5.15. The second kappa shape index (κ2) is 6.17. The highest BCUT2D eigenvalue weighted by Crippen LogP contribution is 2.05. The molecule has 0 atom stereocenters. The van der Waals surface area contributed by atoms with Crippen molar-refractivity contribution in [3.63, 3.8) is 0 Å². The van der Waals surface area contributed by atoms with Crippen molar-refractivity contribution in [3.05, 3.63) is 11.9 Å². The minimum Gasteiger partial charge on any atom is -0.252 e. The van der Waals surface area contributed by atoms with Crippen molar-refractivity contribution in [1.82, 2.24) is 15.0 Å². The molecule has 0 aromatic carbocycles. The standard InChI is InChI=1S/C10H18BrN3/c1-9(2)4-3-7-14-8-10(5-6-11)12-13-14/h8-9H,3-7H2,1-2H3. The van der Waals surface area contributed by atoms with Crippen molar-refractivity contribution < 1.29 is 0 Å². The number of halogens is 1. The molecule has 0 fully saturated rings. The van der Waals surface area contributed by atoms with Crippen LogP contribution in [0.25, 0.3) is 0 Å². The summed E-state index contributed by atoms with van der Waals surface area (Å²) in [5.41, 5.74) is 1.08. The monoisotopic (exact) mass is 259 g/mol. The molecule has 0 bridgehead atoms. The summed E-state index contributed by atoms with van der Waals surface area (Å²) in [6, 6.07) is 0. The van der Waals surface area contributed by atoms with Gasteiger partial charge in [-0.3, -0.25) is 4.68 Å². The fourth-order valence-corrected chi connectivity index (χ4v) is 1.73. The van der Waals surface area contributed by atoms with Crippen LogP contribution in [0.1, 0.15) is 32.4 Å². The molecule has 14 heavy (non-hydrogen) atoms. The van der Waals surface area contributed by atoms with Gasteiger partial charge in [0, 0.05) is 24.5 Å². The molecular formula is C10H18BrN3. The SMILES string of the molecule is CC(C)CCCn1cc(CCBr)nn1. The van der Waals surface area contributed by atoms with Crippen LogP contribution >= 0.6 is 15.9 Å². The van der Waals surface area contributed by atoms with Crippen LogP contribution in [0.2, 0.25) is 0 Å². The lowest BCUT2D eigenvalue weighted by atomic mass is 10.1. The van der Waals surface area contributed by atoms with Gasteiger partial charge in [0.15, 0.2) is 0 Å². The maximum Gasteiger partial charge on any atom is 0.0835 e. The van der Waals surface area contributed by atoms with E-state index in [1.165, 1.54) is 12.8 Å². The number of aromatic nitrogens is 3. The summed E-state index contributed by atoms with van der Waals surface area (Å²) in [6.45, 7) is 5.49. The number of alkyl halides is 1. The van der Waals surface area contributed by atoms with E-state index in [2.05, 4.69) is 40.1 Å². The third-order valence-corrected chi connectivity index (χ3v) is 2.50. The lowest BCUT2D eigenvalue weighted by Crippen LogP contribution is -2.00. The predicted molar refractivity (Wildman–Crippen MR) is 61.6 cm³/mol. The highest BCUT2D eigenvalue weighted by atomic mass is 79.9. The molecule has 1 aromatic heterocycles. The fraction of sp³-hybridized carbons (Fsp3) is 0.800. The maximum absolute atomic E-state index is 4.09. The summed E-state index contributed by atoms with van der Waals surface area (Å²) >= 11 is 3.39. The van der Waals surface area contributed by atoms with Gasteiger partial charge in [-0.15, -0.1) is 5.10 Å². The van der Waals surface area contributed by atoms with Crippen LogP contribution in [-0.2, 0) is 13.0 Å². The largest absolute Gasteiger partial charge is 0.252 e. The highest BCUT2D eigenvalue weighted by Gasteiger charge is 2.00. The summed E-state index contributed by atoms with van der Waals surface area (Å²) in [4.78, 5) is 0. The van der Waals surface area contributed by atoms with Crippen LogP contribution in [0.3, 0.4) is 0 Å². The third-order valence-electron chi connectivity index (χ3n) is 2.11. The molecule has 4 heteroatoms. The zero-order chi connectivity index (χ0) is 10.4. The van der Waals surface area contributed by atoms with Crippen LogP contribution in [0.4, 0.5) is 0 Å². The highest BCUT2D eigenvalue weighted by molar-refractivity contribution is 9.09. The van der Waals surface area contributed by atoms with Gasteiger partial charge in [0.1, 0.15) is 0 Å². The van der Waals surface area contributed by atoms with E-state index in [1.807, 2.05) is 10.9 Å². The molecule has 3 nitrogen and oxygen atoms in total. The van der Waals surface area contributed by atoms with E-state index in [1.54, 1.807) is 0 Å². The second-order valence-electron chi connectivity index (χ2n) is 3.95. The summed E-state index contributed by atoms with van der Waals surface area (Å²) in [5, 5.41) is 9.12. The van der Waals surface area contributed by atoms with Gasteiger partial charge in [-0.25, -0.2) is 0 Å². The van der Waals surface area contributed by atoms with E-state index in [9.17, 15) is 0 Å². The Hall–Kier alpha value is -0.380. The molecule has 0 amide bonds. The van der Waals surface area contributed by atoms with Gasteiger partial charge < -0.3 is 0 Å². The Bertz CT molecular complexity index is 258. The molecule has 0 aliphatic heterocycles. The number of hydrogen-bond donors (Lipinski definition) is 0. The smallest absolute Gasteiger partial charge is 0.0835 e. The van der Waals surface area contributed by atoms with Crippen molar-refractivity contribution in [3.8, 4) is 0 Å². The molecule has 0 N–H and O–H groups in total. The zero-order valence-electron chi connectivity index (χ0n) is 8.91. The lowest BCUT2D eigenvalue weighted by Gasteiger charge is -2.03. The summed E-state index contributed by atoms with van der Waals surface area (Å²) in [5.74, 6) is 0.778. The minimum atomic E-state index is 0.778. The van der Waals surface area contributed by atoms with Gasteiger partial charge in [-0.05, 0) is 18.8 Å². The Labute approximate surface area is 94.0 Å². The van der Waals surface area contributed by atoms with Crippen molar-refractivity contribution in [2.75, 3.05) is 5.33 Å². The van der Waals surface area contributed by atoms with E-state index in [-0.39, 0.29) is 0 Å². The molecule has 0 spiro atoms. The molecule has 0 aliphatic rings. The zero-order valence-corrected chi connectivity index (χ0v) is 10.5. The molecule has 80 valence electrons. The fourth-order valence-electron chi connectivity index (χ4n) is 1.32. The Morgan fingerprint density at radius 3 is 2.93 bits per heavy atom. The van der Waals surface area contributed by atoms with E-state index in [0.717, 1.165) is 29.9 Å². The molecule has 0 saturated carbocycles. The van der Waals surface area contributed by atoms with E-state index >= 15 is 0 Å². The Morgan fingerprint density at radius 1 is 1.50 bits per heavy atom. The molecule has 0 aliphatic carbocycles. The third kappa shape index (κ3) is 4.22. The van der Waals surface area contributed by atoms with Crippen molar-refractivity contribution in [1.29, 1.82) is 0 Å². The second-order valence-corrected chi connectivity index (χ2v) is 4.74. The lowest BCUT2D eigenvalue weighted by molar-refractivity contribution is 0.482. The predicted octanol–water partition coefficient (Wildman–Crippen LogP) is 2.65. The summed E-state index contributed by atoms with van der Waals surface area (Å²) in [6.07, 6.45) is 5.45. The van der Waals surface area contributed by atoms with Crippen LogP contribution in [-0.4, -0.2) is 20.3 Å². The van der Waals surface area contributed by atoms with Crippen LogP contribution in [0, 0.1) is 5.92 Å². The molecule has 0 saturated heterocycles. The van der Waals surface area contributed by atoms with Crippen molar-refractivity contribution >= 4 is 15.9 Å². The Morgan fingerprint density at radius 2 is 2.29 bits per heavy atom. The normalized spacial score (nSPS) is 11.1. The number of rotatable bonds is 6. The Balaban J connectivity index is 2.28. The average Bonchev–Trinajstić information content (AvgIpc) is 2.53. The van der Waals surface area contributed by atoms with Crippen molar-refractivity contribution in [2.45, 2.75) is 39.7 Å². The first-order chi connectivity index (χ1) is 6.72. The van der Waals surface area contributed by atoms with Gasteiger partial charge in [0.2, 0.25) is 0 Å². The van der Waals surface area contributed by atoms with Gasteiger partial charge in [-0.2, -0.15) is 0 Å². The first-order valence-corrected chi connectivity index (χ1v) is 6.29. The topological polar surface area (TPSA) is 30.7 Å². The number of aryl methyl sites for hydroxylation is 2. The summed E-state index contributed by atoms with van der Waals surface area (Å²) in [7, 11) is 0. The molecule has 1 rings (SSSR count). The quantitative estimate of drug-likeness (QED) is 0.736. The van der Waals surface area contributed by atoms with Crippen LogP contribution < -0.4 is 0 Å².